The van der Waals surface area contributed by atoms with E-state index in [0.717, 1.165) is 50.8 Å². The first-order chi connectivity index (χ1) is 16.2. The van der Waals surface area contributed by atoms with Crippen LogP contribution in [0.5, 0.6) is 0 Å². The molecule has 0 atom stereocenters. The summed E-state index contributed by atoms with van der Waals surface area (Å²) < 4.78 is 2.25. The predicted molar refractivity (Wildman–Crippen MR) is 132 cm³/mol. The minimum absolute atomic E-state index is 0.111. The van der Waals surface area contributed by atoms with Gasteiger partial charge in [-0.1, -0.05) is 62.9 Å². The van der Waals surface area contributed by atoms with E-state index >= 15 is 0 Å². The number of benzene rings is 1. The second-order valence-corrected chi connectivity index (χ2v) is 9.81. The molecule has 1 aromatic heterocycles. The quantitative estimate of drug-likeness (QED) is 0.471. The van der Waals surface area contributed by atoms with Gasteiger partial charge in [0.25, 0.3) is 0 Å². The van der Waals surface area contributed by atoms with Crippen molar-refractivity contribution in [3.05, 3.63) is 59.9 Å². The van der Waals surface area contributed by atoms with E-state index in [0.29, 0.717) is 13.1 Å². The lowest BCUT2D eigenvalue weighted by Crippen LogP contribution is -2.48. The molecule has 0 saturated heterocycles. The highest BCUT2D eigenvalue weighted by molar-refractivity contribution is 5.87. The standard InChI is InChI=1S/C28H39N3O2/c1-2-3-18-30(28(33)24-16-17-24)22-27(32)31(25-13-8-5-9-14-25)21-26-15-10-19-29(26)20-23-11-6-4-7-12-23/h4,6-7,10-12,15,19,24-25H,2-3,5,8-9,13-14,16-18,20-22H2,1H3. The van der Waals surface area contributed by atoms with Crippen LogP contribution in [0.4, 0.5) is 0 Å². The van der Waals surface area contributed by atoms with E-state index in [-0.39, 0.29) is 30.3 Å². The van der Waals surface area contributed by atoms with Crippen LogP contribution < -0.4 is 0 Å². The van der Waals surface area contributed by atoms with Gasteiger partial charge in [-0.15, -0.1) is 0 Å². The monoisotopic (exact) mass is 449 g/mol. The zero-order chi connectivity index (χ0) is 23.0. The summed E-state index contributed by atoms with van der Waals surface area (Å²) in [5.41, 5.74) is 2.41. The van der Waals surface area contributed by atoms with Crippen LogP contribution in [0.2, 0.25) is 0 Å². The highest BCUT2D eigenvalue weighted by Gasteiger charge is 2.35. The molecular formula is C28H39N3O2. The molecule has 33 heavy (non-hydrogen) atoms. The van der Waals surface area contributed by atoms with Crippen molar-refractivity contribution < 1.29 is 9.59 Å². The van der Waals surface area contributed by atoms with Gasteiger partial charge < -0.3 is 14.4 Å². The average Bonchev–Trinajstić information content (AvgIpc) is 3.61. The van der Waals surface area contributed by atoms with Crippen LogP contribution in [0.3, 0.4) is 0 Å². The lowest BCUT2D eigenvalue weighted by molar-refractivity contribution is -0.143. The molecule has 5 nitrogen and oxygen atoms in total. The van der Waals surface area contributed by atoms with Crippen molar-refractivity contribution in [3.8, 4) is 0 Å². The van der Waals surface area contributed by atoms with E-state index in [9.17, 15) is 9.59 Å². The fraction of sp³-hybridized carbons (Fsp3) is 0.571. The average molecular weight is 450 g/mol. The Hall–Kier alpha value is -2.56. The minimum atomic E-state index is 0.111. The van der Waals surface area contributed by atoms with Gasteiger partial charge in [-0.05, 0) is 49.8 Å². The van der Waals surface area contributed by atoms with E-state index < -0.39 is 0 Å². The van der Waals surface area contributed by atoms with E-state index in [1.54, 1.807) is 0 Å². The topological polar surface area (TPSA) is 45.6 Å². The molecule has 178 valence electrons. The first kappa shape index (κ1) is 23.6. The lowest BCUT2D eigenvalue weighted by Gasteiger charge is -2.36. The fourth-order valence-electron chi connectivity index (χ4n) is 4.97. The van der Waals surface area contributed by atoms with E-state index in [2.05, 4.69) is 59.0 Å². The third kappa shape index (κ3) is 6.49. The van der Waals surface area contributed by atoms with Crippen molar-refractivity contribution in [1.29, 1.82) is 0 Å². The largest absolute Gasteiger partial charge is 0.345 e. The molecule has 2 aliphatic rings. The molecule has 2 aromatic rings. The normalized spacial score (nSPS) is 16.5. The number of nitrogens with zero attached hydrogens (tertiary/aromatic N) is 3. The van der Waals surface area contributed by atoms with Gasteiger partial charge in [-0.3, -0.25) is 9.59 Å². The van der Waals surface area contributed by atoms with Crippen LogP contribution in [0, 0.1) is 5.92 Å². The molecule has 0 radical (unpaired) electrons. The second kappa shape index (κ2) is 11.5. The Balaban J connectivity index is 1.50. The summed E-state index contributed by atoms with van der Waals surface area (Å²) in [6.45, 7) is 4.48. The summed E-state index contributed by atoms with van der Waals surface area (Å²) in [7, 11) is 0. The number of carbonyl (C=O) groups is 2. The Kier molecular flexibility index (Phi) is 8.25. The highest BCUT2D eigenvalue weighted by atomic mass is 16.2. The molecule has 5 heteroatoms. The summed E-state index contributed by atoms with van der Waals surface area (Å²) >= 11 is 0. The fourth-order valence-corrected chi connectivity index (χ4v) is 4.97. The number of amides is 2. The molecule has 4 rings (SSSR count). The number of unbranched alkanes of at least 4 members (excludes halogenated alkanes) is 1. The van der Waals surface area contributed by atoms with Crippen molar-refractivity contribution in [2.45, 2.75) is 83.8 Å². The molecule has 0 bridgehead atoms. The molecule has 2 aliphatic carbocycles. The molecule has 0 unspecified atom stereocenters. The van der Waals surface area contributed by atoms with Gasteiger partial charge in [0.1, 0.15) is 0 Å². The number of carbonyl (C=O) groups excluding carboxylic acids is 2. The predicted octanol–water partition coefficient (Wildman–Crippen LogP) is 5.24. The first-order valence-corrected chi connectivity index (χ1v) is 12.9. The smallest absolute Gasteiger partial charge is 0.242 e. The molecule has 1 heterocycles. The van der Waals surface area contributed by atoms with Gasteiger partial charge in [0.2, 0.25) is 11.8 Å². The Bertz CT molecular complexity index is 897. The molecule has 0 spiro atoms. The van der Waals surface area contributed by atoms with Crippen LogP contribution in [0.25, 0.3) is 0 Å². The zero-order valence-corrected chi connectivity index (χ0v) is 20.1. The number of rotatable bonds is 11. The zero-order valence-electron chi connectivity index (χ0n) is 20.1. The molecule has 0 N–H and O–H groups in total. The molecule has 2 fully saturated rings. The molecule has 2 saturated carbocycles. The number of aromatic nitrogens is 1. The molecular weight excluding hydrogens is 410 g/mol. The summed E-state index contributed by atoms with van der Waals surface area (Å²) in [5, 5.41) is 0. The Morgan fingerprint density at radius 3 is 2.42 bits per heavy atom. The number of hydrogen-bond acceptors (Lipinski definition) is 2. The maximum atomic E-state index is 13.7. The van der Waals surface area contributed by atoms with Crippen molar-refractivity contribution >= 4 is 11.8 Å². The number of hydrogen-bond donors (Lipinski definition) is 0. The third-order valence-corrected chi connectivity index (χ3v) is 7.13. The van der Waals surface area contributed by atoms with Gasteiger partial charge in [0.15, 0.2) is 0 Å². The molecule has 0 aliphatic heterocycles. The molecule has 1 aromatic carbocycles. The van der Waals surface area contributed by atoms with Crippen molar-refractivity contribution in [2.24, 2.45) is 5.92 Å². The second-order valence-electron chi connectivity index (χ2n) is 9.81. The van der Waals surface area contributed by atoms with Crippen molar-refractivity contribution in [2.75, 3.05) is 13.1 Å². The lowest BCUT2D eigenvalue weighted by atomic mass is 9.94. The van der Waals surface area contributed by atoms with Crippen molar-refractivity contribution in [3.63, 3.8) is 0 Å². The highest BCUT2D eigenvalue weighted by Crippen LogP contribution is 2.31. The Labute approximate surface area is 198 Å². The Morgan fingerprint density at radius 2 is 1.73 bits per heavy atom. The summed E-state index contributed by atoms with van der Waals surface area (Å²) in [6, 6.07) is 14.9. The van der Waals surface area contributed by atoms with Gasteiger partial charge in [0.05, 0.1) is 13.1 Å². The summed E-state index contributed by atoms with van der Waals surface area (Å²) in [5.74, 6) is 0.452. The van der Waals surface area contributed by atoms with Crippen LogP contribution in [0.15, 0.2) is 48.7 Å². The van der Waals surface area contributed by atoms with E-state index in [4.69, 9.17) is 0 Å². The van der Waals surface area contributed by atoms with Crippen molar-refractivity contribution in [1.82, 2.24) is 14.4 Å². The third-order valence-electron chi connectivity index (χ3n) is 7.13. The van der Waals surface area contributed by atoms with Gasteiger partial charge in [-0.2, -0.15) is 0 Å². The summed E-state index contributed by atoms with van der Waals surface area (Å²) in [6.07, 6.45) is 11.8. The van der Waals surface area contributed by atoms with Gasteiger partial charge in [-0.25, -0.2) is 0 Å². The maximum Gasteiger partial charge on any atom is 0.242 e. The van der Waals surface area contributed by atoms with Crippen LogP contribution >= 0.6 is 0 Å². The van der Waals surface area contributed by atoms with E-state index in [1.807, 2.05) is 11.0 Å². The SMILES string of the molecule is CCCCN(CC(=O)N(Cc1cccn1Cc1ccccc1)C1CCCCC1)C(=O)C1CC1. The Morgan fingerprint density at radius 1 is 0.970 bits per heavy atom. The minimum Gasteiger partial charge on any atom is -0.345 e. The van der Waals surface area contributed by atoms with E-state index in [1.165, 1.54) is 24.8 Å². The van der Waals surface area contributed by atoms with Crippen LogP contribution in [-0.2, 0) is 22.7 Å². The first-order valence-electron chi connectivity index (χ1n) is 12.9. The van der Waals surface area contributed by atoms with Gasteiger partial charge in [0, 0.05) is 36.9 Å². The van der Waals surface area contributed by atoms with Crippen LogP contribution in [0.1, 0.15) is 76.0 Å². The van der Waals surface area contributed by atoms with Gasteiger partial charge >= 0.3 is 0 Å². The summed E-state index contributed by atoms with van der Waals surface area (Å²) in [4.78, 5) is 30.5. The maximum absolute atomic E-state index is 13.7. The molecule has 2 amide bonds. The van der Waals surface area contributed by atoms with Crippen LogP contribution in [-0.4, -0.2) is 45.3 Å².